The zero-order chi connectivity index (χ0) is 25.6. The fraction of sp³-hybridized carbons (Fsp3) is 0.281. The summed E-state index contributed by atoms with van der Waals surface area (Å²) in [5.74, 6) is -0.0659. The number of hydrogen-bond acceptors (Lipinski definition) is 5. The molecule has 2 saturated heterocycles. The fourth-order valence-corrected chi connectivity index (χ4v) is 6.54. The molecule has 2 unspecified atom stereocenters. The van der Waals surface area contributed by atoms with Crippen LogP contribution in [-0.4, -0.2) is 53.7 Å². The highest BCUT2D eigenvalue weighted by Crippen LogP contribution is 2.44. The van der Waals surface area contributed by atoms with Crippen LogP contribution >= 0.6 is 0 Å². The third kappa shape index (κ3) is 3.87. The highest BCUT2D eigenvalue weighted by atomic mass is 16.6. The summed E-state index contributed by atoms with van der Waals surface area (Å²) in [7, 11) is 0. The van der Waals surface area contributed by atoms with Gasteiger partial charge in [-0.1, -0.05) is 66.7 Å². The van der Waals surface area contributed by atoms with Crippen LogP contribution in [0.15, 0.2) is 85.1 Å². The van der Waals surface area contributed by atoms with Gasteiger partial charge in [-0.3, -0.25) is 14.7 Å². The van der Waals surface area contributed by atoms with Crippen molar-refractivity contribution in [1.82, 2.24) is 9.88 Å². The maximum Gasteiger partial charge on any atom is 0.410 e. The molecule has 4 aromatic rings. The van der Waals surface area contributed by atoms with Gasteiger partial charge in [0.2, 0.25) is 0 Å². The Kier molecular flexibility index (Phi) is 5.70. The molecular weight excluding hydrogens is 476 g/mol. The molecule has 3 aromatic carbocycles. The van der Waals surface area contributed by atoms with Gasteiger partial charge in [-0.25, -0.2) is 4.79 Å². The van der Waals surface area contributed by atoms with E-state index in [1.807, 2.05) is 59.5 Å². The van der Waals surface area contributed by atoms with E-state index in [9.17, 15) is 9.59 Å². The lowest BCUT2D eigenvalue weighted by atomic mass is 9.81. The first kappa shape index (κ1) is 23.1. The van der Waals surface area contributed by atoms with E-state index >= 15 is 0 Å². The first-order valence-electron chi connectivity index (χ1n) is 13.3. The van der Waals surface area contributed by atoms with E-state index in [4.69, 9.17) is 9.47 Å². The number of piperidine rings is 1. The van der Waals surface area contributed by atoms with Crippen molar-refractivity contribution in [2.45, 2.75) is 30.8 Å². The lowest BCUT2D eigenvalue weighted by Crippen LogP contribution is -2.60. The number of ether oxygens (including phenoxy) is 2. The van der Waals surface area contributed by atoms with Crippen molar-refractivity contribution in [2.75, 3.05) is 19.8 Å². The molecule has 3 aliphatic rings. The highest BCUT2D eigenvalue weighted by Gasteiger charge is 2.45. The van der Waals surface area contributed by atoms with E-state index in [2.05, 4.69) is 29.2 Å². The summed E-state index contributed by atoms with van der Waals surface area (Å²) in [5.41, 5.74) is 6.30. The molecule has 3 heterocycles. The molecule has 2 fully saturated rings. The zero-order valence-electron chi connectivity index (χ0n) is 21.0. The number of fused-ring (bicyclic) bond motifs is 6. The van der Waals surface area contributed by atoms with Crippen molar-refractivity contribution in [3.05, 3.63) is 102 Å². The van der Waals surface area contributed by atoms with Gasteiger partial charge in [0.15, 0.2) is 5.78 Å². The average molecular weight is 505 g/mol. The monoisotopic (exact) mass is 504 g/mol. The maximum absolute atomic E-state index is 13.5. The van der Waals surface area contributed by atoms with Crippen molar-refractivity contribution >= 4 is 22.8 Å². The zero-order valence-corrected chi connectivity index (χ0v) is 21.0. The normalized spacial score (nSPS) is 22.1. The molecule has 2 bridgehead atoms. The smallest absolute Gasteiger partial charge is 0.410 e. The van der Waals surface area contributed by atoms with Gasteiger partial charge in [0.1, 0.15) is 6.61 Å². The molecule has 2 atom stereocenters. The number of nitrogens with zero attached hydrogens (tertiary/aromatic N) is 2. The van der Waals surface area contributed by atoms with Crippen molar-refractivity contribution in [1.29, 1.82) is 0 Å². The number of ketones is 1. The van der Waals surface area contributed by atoms with Crippen LogP contribution in [0, 0.1) is 5.92 Å². The van der Waals surface area contributed by atoms with Gasteiger partial charge < -0.3 is 9.47 Å². The summed E-state index contributed by atoms with van der Waals surface area (Å²) in [6.07, 6.45) is 2.48. The maximum atomic E-state index is 13.5. The quantitative estimate of drug-likeness (QED) is 0.326. The number of aromatic nitrogens is 1. The number of carbonyl (C=O) groups excluding carboxylic acids is 2. The van der Waals surface area contributed by atoms with Crippen LogP contribution in [0.5, 0.6) is 0 Å². The standard InChI is InChI=1S/C32H28N2O4/c35-31(22-13-20-7-1-6-12-30(20)33-16-22)21-14-23-17-37-18-24(15-21)34(23)32(36)38-19-29-27-10-4-2-8-25(27)26-9-3-5-11-28(26)29/h1-13,16,21,23-24,29H,14-15,17-19H2. The first-order valence-corrected chi connectivity index (χ1v) is 13.3. The Balaban J connectivity index is 1.07. The molecule has 0 saturated carbocycles. The van der Waals surface area contributed by atoms with Crippen LogP contribution < -0.4 is 0 Å². The second-order valence-corrected chi connectivity index (χ2v) is 10.5. The van der Waals surface area contributed by atoms with Crippen molar-refractivity contribution in [3.63, 3.8) is 0 Å². The van der Waals surface area contributed by atoms with Crippen LogP contribution in [0.1, 0.15) is 40.2 Å². The Labute approximate surface area is 221 Å². The van der Waals surface area contributed by atoms with Gasteiger partial charge in [-0.2, -0.15) is 0 Å². The minimum Gasteiger partial charge on any atom is -0.448 e. The molecule has 7 rings (SSSR count). The minimum absolute atomic E-state index is 0.0157. The second kappa shape index (κ2) is 9.37. The van der Waals surface area contributed by atoms with Gasteiger partial charge in [-0.15, -0.1) is 0 Å². The van der Waals surface area contributed by atoms with E-state index in [0.717, 1.165) is 10.9 Å². The Morgan fingerprint density at radius 2 is 1.50 bits per heavy atom. The predicted molar refractivity (Wildman–Crippen MR) is 144 cm³/mol. The molecule has 190 valence electrons. The minimum atomic E-state index is -0.316. The number of amides is 1. The summed E-state index contributed by atoms with van der Waals surface area (Å²) in [4.78, 5) is 33.2. The van der Waals surface area contributed by atoms with Crippen molar-refractivity contribution in [3.8, 4) is 11.1 Å². The van der Waals surface area contributed by atoms with Gasteiger partial charge in [0, 0.05) is 29.0 Å². The third-order valence-electron chi connectivity index (χ3n) is 8.31. The SMILES string of the molecule is O=C(c1cnc2ccccc2c1)C1CC2COCC(C1)N2C(=O)OCC1c2ccccc2-c2ccccc21. The lowest BCUT2D eigenvalue weighted by molar-refractivity contribution is -0.0747. The summed E-state index contributed by atoms with van der Waals surface area (Å²) in [5, 5.41) is 0.956. The van der Waals surface area contributed by atoms with Crippen LogP contribution in [0.2, 0.25) is 0 Å². The van der Waals surface area contributed by atoms with Crippen molar-refractivity contribution in [2.24, 2.45) is 5.92 Å². The Bertz CT molecular complexity index is 1490. The number of pyridine rings is 1. The molecule has 1 aromatic heterocycles. The molecule has 0 spiro atoms. The highest BCUT2D eigenvalue weighted by molar-refractivity contribution is 6.00. The predicted octanol–water partition coefficient (Wildman–Crippen LogP) is 5.85. The largest absolute Gasteiger partial charge is 0.448 e. The van der Waals surface area contributed by atoms with Gasteiger partial charge in [-0.05, 0) is 47.2 Å². The summed E-state index contributed by atoms with van der Waals surface area (Å²) in [6.45, 7) is 1.12. The molecular formula is C32H28N2O4. The van der Waals surface area contributed by atoms with Crippen LogP contribution in [0.3, 0.4) is 0 Å². The van der Waals surface area contributed by atoms with E-state index < -0.39 is 0 Å². The number of carbonyl (C=O) groups is 2. The van der Waals surface area contributed by atoms with Crippen molar-refractivity contribution < 1.29 is 19.1 Å². The summed E-state index contributed by atoms with van der Waals surface area (Å²) in [6, 6.07) is 26.0. The second-order valence-electron chi connectivity index (χ2n) is 10.5. The summed E-state index contributed by atoms with van der Waals surface area (Å²) < 4.78 is 11.8. The molecule has 38 heavy (non-hydrogen) atoms. The van der Waals surface area contributed by atoms with Crippen LogP contribution in [-0.2, 0) is 9.47 Å². The molecule has 6 nitrogen and oxygen atoms in total. The molecule has 1 aliphatic carbocycles. The topological polar surface area (TPSA) is 68.7 Å². The van der Waals surface area contributed by atoms with Gasteiger partial charge in [0.05, 0.1) is 30.8 Å². The fourth-order valence-electron chi connectivity index (χ4n) is 6.54. The van der Waals surface area contributed by atoms with E-state index in [1.165, 1.54) is 22.3 Å². The van der Waals surface area contributed by atoms with Crippen LogP contribution in [0.25, 0.3) is 22.0 Å². The number of morpholine rings is 1. The first-order chi connectivity index (χ1) is 18.7. The van der Waals surface area contributed by atoms with Gasteiger partial charge in [0.25, 0.3) is 0 Å². The average Bonchev–Trinajstić information content (AvgIpc) is 3.28. The third-order valence-corrected chi connectivity index (χ3v) is 8.31. The number of hydrogen-bond donors (Lipinski definition) is 0. The molecule has 0 radical (unpaired) electrons. The lowest BCUT2D eigenvalue weighted by Gasteiger charge is -2.47. The van der Waals surface area contributed by atoms with E-state index in [-0.39, 0.29) is 42.4 Å². The van der Waals surface area contributed by atoms with Crippen LogP contribution in [0.4, 0.5) is 4.79 Å². The molecule has 6 heteroatoms. The van der Waals surface area contributed by atoms with E-state index in [0.29, 0.717) is 31.6 Å². The molecule has 0 N–H and O–H groups in total. The Morgan fingerprint density at radius 3 is 2.21 bits per heavy atom. The molecule has 1 amide bonds. The Morgan fingerprint density at radius 1 is 0.868 bits per heavy atom. The van der Waals surface area contributed by atoms with Gasteiger partial charge >= 0.3 is 6.09 Å². The Hall–Kier alpha value is -4.03. The number of para-hydroxylation sites is 1. The number of benzene rings is 3. The van der Waals surface area contributed by atoms with E-state index in [1.54, 1.807) is 6.20 Å². The number of Topliss-reactive ketones (excluding diaryl/α,β-unsaturated/α-hetero) is 1. The summed E-state index contributed by atoms with van der Waals surface area (Å²) >= 11 is 0. The number of rotatable bonds is 4. The molecule has 2 aliphatic heterocycles.